The van der Waals surface area contributed by atoms with Gasteiger partial charge in [0.25, 0.3) is 0 Å². The molecule has 0 radical (unpaired) electrons. The summed E-state index contributed by atoms with van der Waals surface area (Å²) in [4.78, 5) is 4.30. The number of halogens is 3. The lowest BCUT2D eigenvalue weighted by Crippen LogP contribution is -1.98. The maximum absolute atomic E-state index is 13.6. The topological polar surface area (TPSA) is 24.9 Å². The summed E-state index contributed by atoms with van der Waals surface area (Å²) in [6.07, 6.45) is 0. The van der Waals surface area contributed by atoms with Gasteiger partial charge in [0.1, 0.15) is 11.6 Å². The molecule has 0 aliphatic heterocycles. The summed E-state index contributed by atoms with van der Waals surface area (Å²) in [5.41, 5.74) is 1.24. The molecule has 88 valence electrons. The van der Waals surface area contributed by atoms with Gasteiger partial charge in [0, 0.05) is 8.95 Å². The Labute approximate surface area is 116 Å². The first-order valence-corrected chi connectivity index (χ1v) is 6.50. The molecule has 0 aliphatic carbocycles. The number of hydrogen-bond acceptors (Lipinski definition) is 2. The van der Waals surface area contributed by atoms with E-state index in [0.29, 0.717) is 16.0 Å². The molecule has 0 bridgehead atoms. The van der Waals surface area contributed by atoms with Crippen molar-refractivity contribution in [3.8, 4) is 0 Å². The average Bonchev–Trinajstić information content (AvgIpc) is 2.28. The normalized spacial score (nSPS) is 10.4. The lowest BCUT2D eigenvalue weighted by molar-refractivity contribution is 0.631. The number of hydrogen-bond donors (Lipinski definition) is 1. The third kappa shape index (κ3) is 2.84. The Morgan fingerprint density at radius 1 is 1.12 bits per heavy atom. The van der Waals surface area contributed by atoms with Crippen LogP contribution in [-0.4, -0.2) is 4.98 Å². The van der Waals surface area contributed by atoms with Crippen molar-refractivity contribution in [3.63, 3.8) is 0 Å². The van der Waals surface area contributed by atoms with E-state index in [1.807, 2.05) is 13.0 Å². The van der Waals surface area contributed by atoms with Crippen molar-refractivity contribution in [2.45, 2.75) is 6.92 Å². The first-order valence-electron chi connectivity index (χ1n) is 4.92. The monoisotopic (exact) mass is 358 g/mol. The number of nitrogens with zero attached hydrogens (tertiary/aromatic N) is 1. The van der Waals surface area contributed by atoms with Crippen LogP contribution in [0.25, 0.3) is 0 Å². The Balaban J connectivity index is 2.35. The van der Waals surface area contributed by atoms with E-state index < -0.39 is 0 Å². The molecule has 0 saturated carbocycles. The molecule has 5 heteroatoms. The van der Waals surface area contributed by atoms with E-state index in [9.17, 15) is 4.39 Å². The minimum atomic E-state index is -0.318. The molecule has 0 spiro atoms. The molecule has 0 unspecified atom stereocenters. The molecule has 1 N–H and O–H groups in total. The number of aromatic nitrogens is 1. The molecule has 0 atom stereocenters. The first-order chi connectivity index (χ1) is 8.08. The fourth-order valence-electron chi connectivity index (χ4n) is 1.36. The summed E-state index contributed by atoms with van der Waals surface area (Å²) in [7, 11) is 0. The van der Waals surface area contributed by atoms with Gasteiger partial charge in [0.15, 0.2) is 0 Å². The molecule has 1 heterocycles. The quantitative estimate of drug-likeness (QED) is 0.833. The Morgan fingerprint density at radius 3 is 2.53 bits per heavy atom. The van der Waals surface area contributed by atoms with E-state index >= 15 is 0 Å². The predicted molar refractivity (Wildman–Crippen MR) is 74.1 cm³/mol. The lowest BCUT2D eigenvalue weighted by Gasteiger charge is -2.09. The minimum Gasteiger partial charge on any atom is -0.337 e. The second-order valence-corrected chi connectivity index (χ2v) is 5.19. The van der Waals surface area contributed by atoms with E-state index in [4.69, 9.17) is 0 Å². The molecule has 2 rings (SSSR count). The summed E-state index contributed by atoms with van der Waals surface area (Å²) < 4.78 is 15.2. The van der Waals surface area contributed by atoms with Gasteiger partial charge in [-0.25, -0.2) is 9.37 Å². The van der Waals surface area contributed by atoms with Crippen LogP contribution in [0.2, 0.25) is 0 Å². The molecule has 2 nitrogen and oxygen atoms in total. The Morgan fingerprint density at radius 2 is 1.88 bits per heavy atom. The molecule has 0 fully saturated rings. The van der Waals surface area contributed by atoms with Gasteiger partial charge in [-0.05, 0) is 63.0 Å². The van der Waals surface area contributed by atoms with Crippen molar-refractivity contribution < 1.29 is 4.39 Å². The van der Waals surface area contributed by atoms with Crippen molar-refractivity contribution in [3.05, 3.63) is 50.8 Å². The third-order valence-electron chi connectivity index (χ3n) is 2.24. The lowest BCUT2D eigenvalue weighted by atomic mass is 10.3. The van der Waals surface area contributed by atoms with Gasteiger partial charge in [-0.15, -0.1) is 0 Å². The highest BCUT2D eigenvalue weighted by Crippen LogP contribution is 2.28. The zero-order chi connectivity index (χ0) is 12.4. The number of benzene rings is 1. The second kappa shape index (κ2) is 5.14. The van der Waals surface area contributed by atoms with Gasteiger partial charge in [-0.2, -0.15) is 0 Å². The van der Waals surface area contributed by atoms with Crippen molar-refractivity contribution in [2.24, 2.45) is 0 Å². The van der Waals surface area contributed by atoms with Gasteiger partial charge in [-0.3, -0.25) is 0 Å². The van der Waals surface area contributed by atoms with Crippen molar-refractivity contribution in [1.29, 1.82) is 0 Å². The van der Waals surface area contributed by atoms with E-state index in [0.717, 1.165) is 10.2 Å². The first kappa shape index (κ1) is 12.5. The van der Waals surface area contributed by atoms with Crippen LogP contribution < -0.4 is 5.32 Å². The van der Waals surface area contributed by atoms with Crippen LogP contribution in [0.3, 0.4) is 0 Å². The zero-order valence-corrected chi connectivity index (χ0v) is 12.1. The van der Waals surface area contributed by atoms with Crippen LogP contribution in [0.5, 0.6) is 0 Å². The summed E-state index contributed by atoms with van der Waals surface area (Å²) in [5, 5.41) is 2.95. The Kier molecular flexibility index (Phi) is 3.79. The fourth-order valence-corrected chi connectivity index (χ4v) is 2.02. The number of aryl methyl sites for hydroxylation is 1. The van der Waals surface area contributed by atoms with Crippen LogP contribution in [-0.2, 0) is 0 Å². The Bertz CT molecular complexity index is 538. The molecule has 0 aliphatic rings. The van der Waals surface area contributed by atoms with E-state index in [1.165, 1.54) is 6.07 Å². The van der Waals surface area contributed by atoms with Gasteiger partial charge < -0.3 is 5.32 Å². The number of nitrogens with one attached hydrogen (secondary N) is 1. The number of anilines is 2. The molecule has 0 saturated heterocycles. The molecule has 17 heavy (non-hydrogen) atoms. The van der Waals surface area contributed by atoms with Gasteiger partial charge >= 0.3 is 0 Å². The molecular formula is C12H9Br2FN2. The maximum atomic E-state index is 13.6. The number of rotatable bonds is 2. The molecule has 2 aromatic rings. The average molecular weight is 360 g/mol. The van der Waals surface area contributed by atoms with Crippen LogP contribution >= 0.6 is 31.9 Å². The zero-order valence-electron chi connectivity index (χ0n) is 8.97. The largest absolute Gasteiger partial charge is 0.337 e. The SMILES string of the molecule is Cc1nc(Nc2c(F)cccc2Br)ccc1Br. The van der Waals surface area contributed by atoms with E-state index in [-0.39, 0.29) is 5.82 Å². The smallest absolute Gasteiger partial charge is 0.147 e. The third-order valence-corrected chi connectivity index (χ3v) is 3.74. The maximum Gasteiger partial charge on any atom is 0.147 e. The fraction of sp³-hybridized carbons (Fsp3) is 0.0833. The highest BCUT2D eigenvalue weighted by atomic mass is 79.9. The molecular weight excluding hydrogens is 351 g/mol. The summed E-state index contributed by atoms with van der Waals surface area (Å²) in [5.74, 6) is 0.290. The van der Waals surface area contributed by atoms with Crippen LogP contribution in [0.4, 0.5) is 15.9 Å². The van der Waals surface area contributed by atoms with E-state index in [1.54, 1.807) is 18.2 Å². The van der Waals surface area contributed by atoms with Crippen molar-refractivity contribution in [2.75, 3.05) is 5.32 Å². The van der Waals surface area contributed by atoms with Crippen molar-refractivity contribution >= 4 is 43.4 Å². The van der Waals surface area contributed by atoms with Gasteiger partial charge in [-0.1, -0.05) is 6.07 Å². The molecule has 1 aromatic carbocycles. The van der Waals surface area contributed by atoms with Crippen molar-refractivity contribution in [1.82, 2.24) is 4.98 Å². The standard InChI is InChI=1S/C12H9Br2FN2/c1-7-8(13)5-6-11(16-7)17-12-9(14)3-2-4-10(12)15/h2-6H,1H3,(H,16,17). The van der Waals surface area contributed by atoms with Gasteiger partial charge in [0.2, 0.25) is 0 Å². The minimum absolute atomic E-state index is 0.318. The number of para-hydroxylation sites is 1. The summed E-state index contributed by atoms with van der Waals surface area (Å²) in [6, 6.07) is 8.48. The highest BCUT2D eigenvalue weighted by molar-refractivity contribution is 9.10. The Hall–Kier alpha value is -0.940. The van der Waals surface area contributed by atoms with Crippen LogP contribution in [0.1, 0.15) is 5.69 Å². The predicted octanol–water partition coefficient (Wildman–Crippen LogP) is 4.80. The van der Waals surface area contributed by atoms with E-state index in [2.05, 4.69) is 42.2 Å². The van der Waals surface area contributed by atoms with Crippen LogP contribution in [0.15, 0.2) is 39.3 Å². The molecule has 0 amide bonds. The number of pyridine rings is 1. The molecule has 1 aromatic heterocycles. The van der Waals surface area contributed by atoms with Gasteiger partial charge in [0.05, 0.1) is 11.4 Å². The van der Waals surface area contributed by atoms with Crippen LogP contribution in [0, 0.1) is 12.7 Å². The summed E-state index contributed by atoms with van der Waals surface area (Å²) >= 11 is 6.67. The highest BCUT2D eigenvalue weighted by Gasteiger charge is 2.07. The second-order valence-electron chi connectivity index (χ2n) is 3.49. The summed E-state index contributed by atoms with van der Waals surface area (Å²) in [6.45, 7) is 1.88.